The van der Waals surface area contributed by atoms with E-state index in [9.17, 15) is 4.79 Å². The molecule has 1 aliphatic heterocycles. The van der Waals surface area contributed by atoms with Crippen LogP contribution in [0.3, 0.4) is 0 Å². The van der Waals surface area contributed by atoms with Crippen molar-refractivity contribution in [2.75, 3.05) is 52.5 Å². The molecule has 1 fully saturated rings. The van der Waals surface area contributed by atoms with Gasteiger partial charge in [-0.2, -0.15) is 0 Å². The summed E-state index contributed by atoms with van der Waals surface area (Å²) in [5.74, 6) is 0.664. The molecule has 2 aromatic carbocycles. The van der Waals surface area contributed by atoms with E-state index in [0.29, 0.717) is 44.5 Å². The highest BCUT2D eigenvalue weighted by Crippen LogP contribution is 2.28. The molecule has 0 spiro atoms. The minimum Gasteiger partial charge on any atom is -0.492 e. The summed E-state index contributed by atoms with van der Waals surface area (Å²) < 4.78 is 11.6. The molecule has 3 aromatic rings. The monoisotopic (exact) mass is 462 g/mol. The van der Waals surface area contributed by atoms with Gasteiger partial charge in [0.1, 0.15) is 24.2 Å². The largest absolute Gasteiger partial charge is 0.492 e. The van der Waals surface area contributed by atoms with E-state index in [1.807, 2.05) is 0 Å². The lowest BCUT2D eigenvalue weighted by Gasteiger charge is -2.34. The van der Waals surface area contributed by atoms with Crippen LogP contribution in [0.5, 0.6) is 5.75 Å². The fourth-order valence-corrected chi connectivity index (χ4v) is 4.03. The second kappa shape index (κ2) is 10.0. The van der Waals surface area contributed by atoms with E-state index in [2.05, 4.69) is 9.80 Å². The number of aliphatic hydroxyl groups is 1. The van der Waals surface area contributed by atoms with Gasteiger partial charge in [0.15, 0.2) is 5.43 Å². The van der Waals surface area contributed by atoms with Gasteiger partial charge in [0.05, 0.1) is 27.6 Å². The molecule has 1 N–H and O–H groups in total. The average molecular weight is 463 g/mol. The molecular formula is C23H24Cl2N2O4. The van der Waals surface area contributed by atoms with E-state index in [-0.39, 0.29) is 12.0 Å². The number of aliphatic hydroxyl groups excluding tert-OH is 1. The summed E-state index contributed by atoms with van der Waals surface area (Å²) in [6.45, 7) is 6.17. The van der Waals surface area contributed by atoms with Crippen LogP contribution < -0.4 is 10.2 Å². The maximum absolute atomic E-state index is 12.9. The predicted molar refractivity (Wildman–Crippen MR) is 123 cm³/mol. The molecule has 1 aliphatic rings. The quantitative estimate of drug-likeness (QED) is 0.576. The van der Waals surface area contributed by atoms with Crippen molar-refractivity contribution in [3.63, 3.8) is 0 Å². The zero-order valence-corrected chi connectivity index (χ0v) is 18.5. The smallest absolute Gasteiger partial charge is 0.200 e. The summed E-state index contributed by atoms with van der Waals surface area (Å²) in [7, 11) is 0. The second-order valence-electron chi connectivity index (χ2n) is 7.52. The Labute approximate surface area is 190 Å². The SMILES string of the molecule is O=c1c(-c2ccc(Cl)c(Cl)c2)coc2cc(OCCN3CCN(CCO)CC3)ccc12. The standard InChI is InChI=1S/C23H24Cl2N2O4/c24-20-4-1-16(13-21(20)25)19-15-31-22-14-17(2-3-18(22)23(19)29)30-12-10-27-7-5-26(6-8-27)9-11-28/h1-4,13-15,28H,5-12H2. The van der Waals surface area contributed by atoms with E-state index < -0.39 is 0 Å². The van der Waals surface area contributed by atoms with Crippen molar-refractivity contribution in [3.8, 4) is 16.9 Å². The average Bonchev–Trinajstić information content (AvgIpc) is 2.77. The summed E-state index contributed by atoms with van der Waals surface area (Å²) in [5.41, 5.74) is 1.43. The molecule has 0 saturated carbocycles. The lowest BCUT2D eigenvalue weighted by molar-refractivity contribution is 0.102. The van der Waals surface area contributed by atoms with Crippen LogP contribution in [0.1, 0.15) is 0 Å². The predicted octanol–water partition coefficient (Wildman–Crippen LogP) is 3.76. The van der Waals surface area contributed by atoms with Gasteiger partial charge in [0.25, 0.3) is 0 Å². The number of piperazine rings is 1. The molecule has 0 bridgehead atoms. The first-order valence-corrected chi connectivity index (χ1v) is 11.0. The summed E-state index contributed by atoms with van der Waals surface area (Å²) in [6.07, 6.45) is 1.44. The number of hydrogen-bond acceptors (Lipinski definition) is 6. The van der Waals surface area contributed by atoms with E-state index in [1.54, 1.807) is 36.4 Å². The van der Waals surface area contributed by atoms with E-state index in [1.165, 1.54) is 6.26 Å². The van der Waals surface area contributed by atoms with Gasteiger partial charge in [-0.15, -0.1) is 0 Å². The number of fused-ring (bicyclic) bond motifs is 1. The fourth-order valence-electron chi connectivity index (χ4n) is 3.73. The van der Waals surface area contributed by atoms with Crippen molar-refractivity contribution in [1.82, 2.24) is 9.80 Å². The third kappa shape index (κ3) is 5.22. The van der Waals surface area contributed by atoms with Gasteiger partial charge >= 0.3 is 0 Å². The molecule has 1 aromatic heterocycles. The van der Waals surface area contributed by atoms with Crippen LogP contribution in [0, 0.1) is 0 Å². The topological polar surface area (TPSA) is 66.2 Å². The maximum Gasteiger partial charge on any atom is 0.200 e. The van der Waals surface area contributed by atoms with Crippen molar-refractivity contribution >= 4 is 34.2 Å². The molecule has 2 heterocycles. The summed E-state index contributed by atoms with van der Waals surface area (Å²) >= 11 is 12.1. The maximum atomic E-state index is 12.9. The number of halogens is 2. The summed E-state index contributed by atoms with van der Waals surface area (Å²) in [6, 6.07) is 10.3. The Morgan fingerprint density at radius 2 is 1.71 bits per heavy atom. The zero-order valence-electron chi connectivity index (χ0n) is 17.0. The number of ether oxygens (including phenoxy) is 1. The number of benzene rings is 2. The lowest BCUT2D eigenvalue weighted by Crippen LogP contribution is -2.48. The van der Waals surface area contributed by atoms with Crippen molar-refractivity contribution < 1.29 is 14.3 Å². The number of rotatable bonds is 7. The van der Waals surface area contributed by atoms with Gasteiger partial charge in [-0.05, 0) is 29.8 Å². The van der Waals surface area contributed by atoms with Crippen LogP contribution in [0.25, 0.3) is 22.1 Å². The Balaban J connectivity index is 1.41. The Morgan fingerprint density at radius 1 is 0.968 bits per heavy atom. The number of hydrogen-bond donors (Lipinski definition) is 1. The van der Waals surface area contributed by atoms with Crippen molar-refractivity contribution in [2.24, 2.45) is 0 Å². The van der Waals surface area contributed by atoms with Gasteiger partial charge in [-0.25, -0.2) is 0 Å². The molecule has 0 radical (unpaired) electrons. The van der Waals surface area contributed by atoms with Crippen LogP contribution >= 0.6 is 23.2 Å². The highest BCUT2D eigenvalue weighted by atomic mass is 35.5. The molecule has 6 nitrogen and oxygen atoms in total. The van der Waals surface area contributed by atoms with E-state index >= 15 is 0 Å². The Hall–Kier alpha value is -2.09. The van der Waals surface area contributed by atoms with Gasteiger partial charge in [-0.3, -0.25) is 14.6 Å². The summed E-state index contributed by atoms with van der Waals surface area (Å²) in [4.78, 5) is 17.5. The first kappa shape index (κ1) is 22.1. The first-order chi connectivity index (χ1) is 15.0. The van der Waals surface area contributed by atoms with Crippen LogP contribution in [-0.4, -0.2) is 67.4 Å². The molecule has 4 rings (SSSR count). The highest BCUT2D eigenvalue weighted by molar-refractivity contribution is 6.42. The number of nitrogens with zero attached hydrogens (tertiary/aromatic N) is 2. The highest BCUT2D eigenvalue weighted by Gasteiger charge is 2.16. The normalized spacial score (nSPS) is 15.5. The number of β-amino-alcohol motifs (C(OH)–C–C–N with tert-alkyl or cyclic N) is 1. The molecule has 0 atom stereocenters. The zero-order chi connectivity index (χ0) is 21.8. The molecule has 0 aliphatic carbocycles. The van der Waals surface area contributed by atoms with Crippen LogP contribution in [0.4, 0.5) is 0 Å². The Morgan fingerprint density at radius 3 is 2.42 bits per heavy atom. The van der Waals surface area contributed by atoms with Crippen LogP contribution in [0.2, 0.25) is 10.0 Å². The Kier molecular flexibility index (Phi) is 7.15. The van der Waals surface area contributed by atoms with Crippen LogP contribution in [-0.2, 0) is 0 Å². The molecule has 0 amide bonds. The molecular weight excluding hydrogens is 439 g/mol. The van der Waals surface area contributed by atoms with Gasteiger partial charge in [0.2, 0.25) is 0 Å². The second-order valence-corrected chi connectivity index (χ2v) is 8.34. The molecule has 164 valence electrons. The Bertz CT molecular complexity index is 1110. The van der Waals surface area contributed by atoms with E-state index in [4.69, 9.17) is 37.5 Å². The van der Waals surface area contributed by atoms with E-state index in [0.717, 1.165) is 39.3 Å². The molecule has 31 heavy (non-hydrogen) atoms. The van der Waals surface area contributed by atoms with Crippen LogP contribution in [0.15, 0.2) is 51.9 Å². The minimum atomic E-state index is -0.132. The lowest BCUT2D eigenvalue weighted by atomic mass is 10.1. The third-order valence-corrected chi connectivity index (χ3v) is 6.27. The van der Waals surface area contributed by atoms with Crippen molar-refractivity contribution in [1.29, 1.82) is 0 Å². The molecule has 0 unspecified atom stereocenters. The minimum absolute atomic E-state index is 0.132. The fraction of sp³-hybridized carbons (Fsp3) is 0.348. The van der Waals surface area contributed by atoms with Crippen molar-refractivity contribution in [3.05, 3.63) is 62.9 Å². The van der Waals surface area contributed by atoms with Gasteiger partial charge in [-0.1, -0.05) is 29.3 Å². The third-order valence-electron chi connectivity index (χ3n) is 5.53. The van der Waals surface area contributed by atoms with Gasteiger partial charge < -0.3 is 14.3 Å². The molecule has 1 saturated heterocycles. The van der Waals surface area contributed by atoms with Gasteiger partial charge in [0, 0.05) is 45.3 Å². The van der Waals surface area contributed by atoms with Crippen molar-refractivity contribution in [2.45, 2.75) is 0 Å². The first-order valence-electron chi connectivity index (χ1n) is 10.2. The molecule has 8 heteroatoms. The summed E-state index contributed by atoms with van der Waals surface area (Å²) in [5, 5.41) is 10.3.